The lowest BCUT2D eigenvalue weighted by Crippen LogP contribution is -2.16. The van der Waals surface area contributed by atoms with E-state index in [0.717, 1.165) is 5.56 Å². The van der Waals surface area contributed by atoms with Crippen LogP contribution in [0.1, 0.15) is 5.56 Å². The first-order valence-electron chi connectivity index (χ1n) is 3.40. The number of H-pyrrole nitrogens is 1. The fourth-order valence-electron chi connectivity index (χ4n) is 0.856. The molecule has 0 amide bonds. The van der Waals surface area contributed by atoms with Crippen LogP contribution in [-0.2, 0) is 11.2 Å². The van der Waals surface area contributed by atoms with Crippen LogP contribution in [0.5, 0.6) is 0 Å². The highest BCUT2D eigenvalue weighted by Crippen LogP contribution is 1.98. The van der Waals surface area contributed by atoms with Gasteiger partial charge < -0.3 is 9.84 Å². The van der Waals surface area contributed by atoms with Crippen LogP contribution in [-0.4, -0.2) is 35.1 Å². The Bertz CT molecular complexity index is 186. The molecule has 4 nitrogen and oxygen atoms in total. The number of nitrogens with zero attached hydrogens (tertiary/aromatic N) is 1. The zero-order valence-corrected chi connectivity index (χ0v) is 6.37. The molecule has 0 fully saturated rings. The van der Waals surface area contributed by atoms with Crippen molar-refractivity contribution in [2.45, 2.75) is 12.5 Å². The van der Waals surface area contributed by atoms with Gasteiger partial charge in [0.2, 0.25) is 0 Å². The third kappa shape index (κ3) is 2.69. The van der Waals surface area contributed by atoms with E-state index in [9.17, 15) is 5.11 Å². The van der Waals surface area contributed by atoms with Gasteiger partial charge in [-0.15, -0.1) is 0 Å². The molecule has 2 N–H and O–H groups in total. The predicted octanol–water partition coefficient (Wildman–Crippen LogP) is -0.240. The highest BCUT2D eigenvalue weighted by atomic mass is 16.5. The van der Waals surface area contributed by atoms with Crippen molar-refractivity contribution >= 4 is 0 Å². The highest BCUT2D eigenvalue weighted by molar-refractivity contribution is 5.01. The summed E-state index contributed by atoms with van der Waals surface area (Å²) < 4.78 is 4.76. The predicted molar refractivity (Wildman–Crippen MR) is 39.0 cm³/mol. The van der Waals surface area contributed by atoms with Gasteiger partial charge in [0.1, 0.15) is 6.20 Å². The molecule has 1 aromatic heterocycles. The molecule has 1 rings (SSSR count). The number of nitrogens with one attached hydrogen (secondary N) is 1. The molecule has 1 radical (unpaired) electrons. The van der Waals surface area contributed by atoms with Crippen molar-refractivity contribution in [1.82, 2.24) is 10.2 Å². The maximum atomic E-state index is 9.23. The van der Waals surface area contributed by atoms with Crippen LogP contribution >= 0.6 is 0 Å². The van der Waals surface area contributed by atoms with E-state index in [1.54, 1.807) is 13.3 Å². The fourth-order valence-corrected chi connectivity index (χ4v) is 0.856. The summed E-state index contributed by atoms with van der Waals surface area (Å²) >= 11 is 0. The average Bonchev–Trinajstić information content (AvgIpc) is 2.40. The van der Waals surface area contributed by atoms with Crippen LogP contribution in [0.3, 0.4) is 0 Å². The molecule has 1 atom stereocenters. The average molecular weight is 155 g/mol. The van der Waals surface area contributed by atoms with E-state index in [2.05, 4.69) is 16.4 Å². The minimum absolute atomic E-state index is 0.346. The van der Waals surface area contributed by atoms with Crippen molar-refractivity contribution < 1.29 is 9.84 Å². The summed E-state index contributed by atoms with van der Waals surface area (Å²) in [6.07, 6.45) is 4.48. The van der Waals surface area contributed by atoms with Crippen molar-refractivity contribution in [2.24, 2.45) is 0 Å². The van der Waals surface area contributed by atoms with Crippen LogP contribution < -0.4 is 0 Å². The quantitative estimate of drug-likeness (QED) is 0.631. The van der Waals surface area contributed by atoms with Crippen molar-refractivity contribution in [1.29, 1.82) is 0 Å². The summed E-state index contributed by atoms with van der Waals surface area (Å²) in [5, 5.41) is 15.5. The molecule has 11 heavy (non-hydrogen) atoms. The van der Waals surface area contributed by atoms with E-state index in [1.165, 1.54) is 0 Å². The number of aromatic amines is 1. The molecule has 0 spiro atoms. The number of ether oxygens (including phenoxy) is 1. The highest BCUT2D eigenvalue weighted by Gasteiger charge is 2.05. The number of aromatic nitrogens is 2. The van der Waals surface area contributed by atoms with Gasteiger partial charge in [-0.05, 0) is 0 Å². The maximum absolute atomic E-state index is 9.23. The van der Waals surface area contributed by atoms with Gasteiger partial charge in [0.05, 0.1) is 12.7 Å². The molecule has 0 aromatic carbocycles. The van der Waals surface area contributed by atoms with Crippen LogP contribution in [0.2, 0.25) is 0 Å². The SMILES string of the molecule is COCC(O)Cc1[c]n[nH]c1. The second-order valence-corrected chi connectivity index (χ2v) is 2.34. The molecule has 0 aliphatic carbocycles. The van der Waals surface area contributed by atoms with Crippen molar-refractivity contribution in [2.75, 3.05) is 13.7 Å². The molecule has 0 aliphatic rings. The molecule has 0 saturated heterocycles. The summed E-state index contributed by atoms with van der Waals surface area (Å²) in [7, 11) is 1.56. The van der Waals surface area contributed by atoms with E-state index in [1.807, 2.05) is 0 Å². The second-order valence-electron chi connectivity index (χ2n) is 2.34. The Morgan fingerprint density at radius 2 is 2.73 bits per heavy atom. The second kappa shape index (κ2) is 4.10. The topological polar surface area (TPSA) is 58.1 Å². The zero-order chi connectivity index (χ0) is 8.10. The van der Waals surface area contributed by atoms with Crippen LogP contribution in [0, 0.1) is 6.20 Å². The van der Waals surface area contributed by atoms with E-state index in [0.29, 0.717) is 13.0 Å². The van der Waals surface area contributed by atoms with Gasteiger partial charge in [0.15, 0.2) is 0 Å². The summed E-state index contributed by atoms with van der Waals surface area (Å²) in [5.41, 5.74) is 0.870. The first kappa shape index (κ1) is 8.23. The van der Waals surface area contributed by atoms with Crippen LogP contribution in [0.15, 0.2) is 6.20 Å². The Kier molecular flexibility index (Phi) is 3.07. The van der Waals surface area contributed by atoms with Gasteiger partial charge in [-0.25, -0.2) is 0 Å². The Morgan fingerprint density at radius 3 is 3.27 bits per heavy atom. The Morgan fingerprint density at radius 1 is 1.91 bits per heavy atom. The van der Waals surface area contributed by atoms with Crippen LogP contribution in [0.25, 0.3) is 0 Å². The summed E-state index contributed by atoms with van der Waals surface area (Å²) in [5.74, 6) is 0. The van der Waals surface area contributed by atoms with Gasteiger partial charge in [-0.1, -0.05) is 0 Å². The zero-order valence-electron chi connectivity index (χ0n) is 6.37. The molecule has 1 heterocycles. The summed E-state index contributed by atoms with van der Waals surface area (Å²) in [6, 6.07) is 0. The lowest BCUT2D eigenvalue weighted by atomic mass is 10.2. The minimum Gasteiger partial charge on any atom is -0.390 e. The van der Waals surface area contributed by atoms with Crippen molar-refractivity contribution in [3.8, 4) is 0 Å². The van der Waals surface area contributed by atoms with E-state index < -0.39 is 6.10 Å². The van der Waals surface area contributed by atoms with Crippen LogP contribution in [0.4, 0.5) is 0 Å². The number of methoxy groups -OCH3 is 1. The molecule has 1 aromatic rings. The van der Waals surface area contributed by atoms with E-state index >= 15 is 0 Å². The van der Waals surface area contributed by atoms with Gasteiger partial charge in [0.25, 0.3) is 0 Å². The number of rotatable bonds is 4. The lowest BCUT2D eigenvalue weighted by molar-refractivity contribution is 0.0650. The Balaban J connectivity index is 2.31. The van der Waals surface area contributed by atoms with Crippen molar-refractivity contribution in [3.63, 3.8) is 0 Å². The molecule has 4 heteroatoms. The van der Waals surface area contributed by atoms with Gasteiger partial charge in [-0.2, -0.15) is 5.10 Å². The van der Waals surface area contributed by atoms with Gasteiger partial charge in [-0.3, -0.25) is 5.10 Å². The third-order valence-corrected chi connectivity index (χ3v) is 1.32. The number of hydrogen-bond acceptors (Lipinski definition) is 3. The number of hydrogen-bond donors (Lipinski definition) is 2. The maximum Gasteiger partial charge on any atom is 0.116 e. The largest absolute Gasteiger partial charge is 0.390 e. The summed E-state index contributed by atoms with van der Waals surface area (Å²) in [4.78, 5) is 0. The first-order valence-corrected chi connectivity index (χ1v) is 3.40. The smallest absolute Gasteiger partial charge is 0.116 e. The third-order valence-electron chi connectivity index (χ3n) is 1.32. The summed E-state index contributed by atoms with van der Waals surface area (Å²) in [6.45, 7) is 0.346. The molecule has 0 aliphatic heterocycles. The fraction of sp³-hybridized carbons (Fsp3) is 0.571. The van der Waals surface area contributed by atoms with Gasteiger partial charge >= 0.3 is 0 Å². The van der Waals surface area contributed by atoms with Crippen molar-refractivity contribution in [3.05, 3.63) is 18.0 Å². The number of aliphatic hydroxyl groups excluding tert-OH is 1. The van der Waals surface area contributed by atoms with Gasteiger partial charge in [0, 0.05) is 25.3 Å². The first-order chi connectivity index (χ1) is 5.33. The molecule has 0 bridgehead atoms. The van der Waals surface area contributed by atoms with E-state index in [4.69, 9.17) is 4.74 Å². The Labute approximate surface area is 65.2 Å². The minimum atomic E-state index is -0.464. The normalized spacial score (nSPS) is 13.3. The number of aliphatic hydroxyl groups is 1. The van der Waals surface area contributed by atoms with E-state index in [-0.39, 0.29) is 0 Å². The Hall–Kier alpha value is -0.870. The molecule has 1 unspecified atom stereocenters. The molecular formula is C7H11N2O2. The molecule has 61 valence electrons. The molecular weight excluding hydrogens is 144 g/mol. The standard InChI is InChI=1S/C7H11N2O2/c1-11-5-7(10)2-6-3-8-9-4-6/h3,7,10H,2,5H2,1H3,(H,8,9). The monoisotopic (exact) mass is 155 g/mol. The lowest BCUT2D eigenvalue weighted by Gasteiger charge is -2.05. The molecule has 0 saturated carbocycles.